The third kappa shape index (κ3) is 51.8. The lowest BCUT2D eigenvalue weighted by atomic mass is 10.0. The topological polar surface area (TPSA) is 95.9 Å². The molecule has 2 atom stereocenters. The van der Waals surface area contributed by atoms with E-state index in [2.05, 4.69) is 19.2 Å². The number of allylic oxidation sites excluding steroid dienone is 1. The molecule has 2 unspecified atom stereocenters. The number of carbonyl (C=O) groups excluding carboxylic acids is 2. The van der Waals surface area contributed by atoms with Crippen LogP contribution in [-0.4, -0.2) is 47.4 Å². The number of hydrogen-bond acceptors (Lipinski definition) is 5. The molecule has 0 aromatic heterocycles. The van der Waals surface area contributed by atoms with E-state index >= 15 is 0 Å². The van der Waals surface area contributed by atoms with Crippen LogP contribution in [0.2, 0.25) is 0 Å². The smallest absolute Gasteiger partial charge is 0.305 e. The summed E-state index contributed by atoms with van der Waals surface area (Å²) in [6, 6.07) is -0.639. The Labute approximate surface area is 406 Å². The summed E-state index contributed by atoms with van der Waals surface area (Å²) in [5.74, 6) is -0.0879. The Morgan fingerprint density at radius 3 is 1.05 bits per heavy atom. The number of aliphatic hydroxyl groups excluding tert-OH is 2. The highest BCUT2D eigenvalue weighted by atomic mass is 16.5. The molecule has 0 radical (unpaired) electrons. The lowest BCUT2D eigenvalue weighted by Crippen LogP contribution is -2.45. The Morgan fingerprint density at radius 1 is 0.415 bits per heavy atom. The van der Waals surface area contributed by atoms with Crippen LogP contribution >= 0.6 is 0 Å². The fourth-order valence-corrected chi connectivity index (χ4v) is 9.28. The van der Waals surface area contributed by atoms with Gasteiger partial charge in [-0.3, -0.25) is 9.59 Å². The van der Waals surface area contributed by atoms with Crippen molar-refractivity contribution in [1.82, 2.24) is 5.32 Å². The van der Waals surface area contributed by atoms with Crippen LogP contribution in [0, 0.1) is 0 Å². The first-order valence-electron chi connectivity index (χ1n) is 29.5. The Hall–Kier alpha value is -1.40. The molecule has 0 aromatic rings. The maximum absolute atomic E-state index is 12.5. The van der Waals surface area contributed by atoms with Crippen molar-refractivity contribution in [3.8, 4) is 0 Å². The number of unbranched alkanes of at least 4 members (excludes halogenated alkanes) is 44. The average molecular weight is 919 g/mol. The van der Waals surface area contributed by atoms with Gasteiger partial charge in [-0.15, -0.1) is 0 Å². The molecule has 3 N–H and O–H groups in total. The molecule has 0 heterocycles. The zero-order chi connectivity index (χ0) is 47.2. The van der Waals surface area contributed by atoms with Crippen LogP contribution in [0.5, 0.6) is 0 Å². The fourth-order valence-electron chi connectivity index (χ4n) is 9.28. The van der Waals surface area contributed by atoms with Gasteiger partial charge in [-0.25, -0.2) is 0 Å². The van der Waals surface area contributed by atoms with Gasteiger partial charge in [-0.1, -0.05) is 296 Å². The van der Waals surface area contributed by atoms with E-state index in [1.165, 1.54) is 244 Å². The minimum Gasteiger partial charge on any atom is -0.466 e. The molecule has 1 amide bonds. The van der Waals surface area contributed by atoms with Gasteiger partial charge in [0.2, 0.25) is 5.91 Å². The molecule has 65 heavy (non-hydrogen) atoms. The van der Waals surface area contributed by atoms with Gasteiger partial charge in [0, 0.05) is 12.8 Å². The second-order valence-electron chi connectivity index (χ2n) is 20.3. The molecule has 0 fully saturated rings. The highest BCUT2D eigenvalue weighted by molar-refractivity contribution is 5.76. The van der Waals surface area contributed by atoms with Crippen LogP contribution in [0.15, 0.2) is 12.2 Å². The molecule has 0 aliphatic carbocycles. The van der Waals surface area contributed by atoms with E-state index in [0.29, 0.717) is 19.4 Å². The predicted octanol–water partition coefficient (Wildman–Crippen LogP) is 18.1. The van der Waals surface area contributed by atoms with Crippen LogP contribution in [0.25, 0.3) is 0 Å². The molecule has 6 heteroatoms. The normalized spacial score (nSPS) is 12.6. The van der Waals surface area contributed by atoms with Crippen LogP contribution in [-0.2, 0) is 14.3 Å². The average Bonchev–Trinajstić information content (AvgIpc) is 3.31. The quantitative estimate of drug-likeness (QED) is 0.0321. The van der Waals surface area contributed by atoms with E-state index in [1.54, 1.807) is 6.08 Å². The van der Waals surface area contributed by atoms with Gasteiger partial charge in [0.05, 0.1) is 25.4 Å². The van der Waals surface area contributed by atoms with Gasteiger partial charge in [-0.2, -0.15) is 0 Å². The van der Waals surface area contributed by atoms with Crippen molar-refractivity contribution in [2.45, 2.75) is 341 Å². The Kier molecular flexibility index (Phi) is 54.0. The summed E-state index contributed by atoms with van der Waals surface area (Å²) < 4.78 is 5.46. The molecule has 6 nitrogen and oxygen atoms in total. The molecule has 0 saturated carbocycles. The first-order chi connectivity index (χ1) is 32.0. The number of esters is 1. The highest BCUT2D eigenvalue weighted by Gasteiger charge is 2.18. The van der Waals surface area contributed by atoms with Crippen LogP contribution < -0.4 is 5.32 Å². The van der Waals surface area contributed by atoms with E-state index in [9.17, 15) is 19.8 Å². The van der Waals surface area contributed by atoms with Gasteiger partial charge in [0.25, 0.3) is 0 Å². The zero-order valence-electron chi connectivity index (χ0n) is 44.0. The van der Waals surface area contributed by atoms with Gasteiger partial charge >= 0.3 is 5.97 Å². The summed E-state index contributed by atoms with van der Waals surface area (Å²) in [5, 5.41) is 23.2. The minimum absolute atomic E-state index is 0.00830. The van der Waals surface area contributed by atoms with Gasteiger partial charge in [0.15, 0.2) is 0 Å². The molecule has 0 aliphatic heterocycles. The van der Waals surface area contributed by atoms with Crippen LogP contribution in [0.1, 0.15) is 328 Å². The van der Waals surface area contributed by atoms with Crippen LogP contribution in [0.3, 0.4) is 0 Å². The van der Waals surface area contributed by atoms with Crippen molar-refractivity contribution in [2.24, 2.45) is 0 Å². The number of amides is 1. The van der Waals surface area contributed by atoms with E-state index in [4.69, 9.17) is 4.74 Å². The van der Waals surface area contributed by atoms with Crippen molar-refractivity contribution in [2.75, 3.05) is 13.2 Å². The summed E-state index contributed by atoms with van der Waals surface area (Å²) in [5.41, 5.74) is 0. The second-order valence-corrected chi connectivity index (χ2v) is 20.3. The SMILES string of the molecule is CCCCCCCCCCCCCCCCCCCCCCC/C=C/C(O)C(CO)NC(=O)CCCCCCCCCCCCCCOC(=O)CCCCCCCCCCCCCCC. The molecule has 0 rings (SSSR count). The van der Waals surface area contributed by atoms with E-state index in [-0.39, 0.29) is 18.5 Å². The largest absolute Gasteiger partial charge is 0.466 e. The maximum atomic E-state index is 12.5. The standard InChI is InChI=1S/C59H115NO5/c1-3-5-7-9-11-13-15-17-18-19-20-21-22-23-24-25-26-28-31-35-39-43-47-51-57(62)56(55-61)60-58(63)52-48-44-40-36-32-29-30-34-38-42-46-50-54-65-59(64)53-49-45-41-37-33-27-16-14-12-10-8-6-4-2/h47,51,56-57,61-62H,3-46,48-50,52-55H2,1-2H3,(H,60,63)/b51-47+. The first kappa shape index (κ1) is 63.6. The van der Waals surface area contributed by atoms with Gasteiger partial charge in [0.1, 0.15) is 0 Å². The third-order valence-corrected chi connectivity index (χ3v) is 13.8. The molecule has 386 valence electrons. The summed E-state index contributed by atoms with van der Waals surface area (Å²) in [6.07, 6.45) is 65.2. The molecular weight excluding hydrogens is 803 g/mol. The van der Waals surface area contributed by atoms with E-state index < -0.39 is 12.1 Å². The highest BCUT2D eigenvalue weighted by Crippen LogP contribution is 2.17. The van der Waals surface area contributed by atoms with E-state index in [0.717, 1.165) is 57.8 Å². The number of carbonyl (C=O) groups is 2. The third-order valence-electron chi connectivity index (χ3n) is 13.8. The summed E-state index contributed by atoms with van der Waals surface area (Å²) in [6.45, 7) is 4.90. The van der Waals surface area contributed by atoms with Crippen molar-refractivity contribution < 1.29 is 24.5 Å². The second kappa shape index (κ2) is 55.2. The monoisotopic (exact) mass is 918 g/mol. The van der Waals surface area contributed by atoms with Crippen molar-refractivity contribution in [3.05, 3.63) is 12.2 Å². The molecule has 0 aliphatic rings. The number of ether oxygens (including phenoxy) is 1. The summed E-state index contributed by atoms with van der Waals surface area (Å²) in [4.78, 5) is 24.5. The Morgan fingerprint density at radius 2 is 0.708 bits per heavy atom. The molecule has 0 bridgehead atoms. The fraction of sp³-hybridized carbons (Fsp3) is 0.932. The lowest BCUT2D eigenvalue weighted by molar-refractivity contribution is -0.143. The predicted molar refractivity (Wildman–Crippen MR) is 283 cm³/mol. The van der Waals surface area contributed by atoms with Gasteiger partial charge in [-0.05, 0) is 32.1 Å². The minimum atomic E-state index is -0.855. The van der Waals surface area contributed by atoms with Crippen molar-refractivity contribution >= 4 is 11.9 Å². The van der Waals surface area contributed by atoms with Crippen LogP contribution in [0.4, 0.5) is 0 Å². The Bertz CT molecular complexity index is 970. The summed E-state index contributed by atoms with van der Waals surface area (Å²) in [7, 11) is 0. The summed E-state index contributed by atoms with van der Waals surface area (Å²) >= 11 is 0. The number of rotatable bonds is 55. The molecule has 0 saturated heterocycles. The number of nitrogens with one attached hydrogen (secondary N) is 1. The lowest BCUT2D eigenvalue weighted by Gasteiger charge is -2.20. The molecule has 0 spiro atoms. The van der Waals surface area contributed by atoms with Gasteiger partial charge < -0.3 is 20.3 Å². The van der Waals surface area contributed by atoms with Crippen molar-refractivity contribution in [3.63, 3.8) is 0 Å². The van der Waals surface area contributed by atoms with E-state index in [1.807, 2.05) is 6.08 Å². The zero-order valence-corrected chi connectivity index (χ0v) is 44.0. The number of hydrogen-bond donors (Lipinski definition) is 3. The molecular formula is C59H115NO5. The number of aliphatic hydroxyl groups is 2. The maximum Gasteiger partial charge on any atom is 0.305 e. The van der Waals surface area contributed by atoms with Crippen molar-refractivity contribution in [1.29, 1.82) is 0 Å². The Balaban J connectivity index is 3.48. The first-order valence-corrected chi connectivity index (χ1v) is 29.5. The molecule has 0 aromatic carbocycles.